The van der Waals surface area contributed by atoms with E-state index < -0.39 is 0 Å². The molecule has 0 spiro atoms. The third-order valence-electron chi connectivity index (χ3n) is 3.37. The number of rotatable bonds is 4. The number of ketones is 1. The molecule has 1 unspecified atom stereocenters. The van der Waals surface area contributed by atoms with Crippen LogP contribution in [0.1, 0.15) is 29.6 Å². The molecule has 1 aliphatic rings. The predicted molar refractivity (Wildman–Crippen MR) is 77.2 cm³/mol. The van der Waals surface area contributed by atoms with Crippen LogP contribution in [0, 0.1) is 0 Å². The zero-order valence-electron chi connectivity index (χ0n) is 11.2. The molecule has 4 nitrogen and oxygen atoms in total. The Bertz CT molecular complexity index is 470. The molecule has 1 aromatic rings. The number of carbonyl (C=O) groups is 1. The van der Waals surface area contributed by atoms with Crippen LogP contribution in [0.4, 0.5) is 0 Å². The molecular weight excluding hydrogens is 310 g/mol. The number of nitrogens with one attached hydrogen (secondary N) is 1. The number of hydrogen-bond donors (Lipinski definition) is 1. The summed E-state index contributed by atoms with van der Waals surface area (Å²) in [6, 6.07) is 3.42. The van der Waals surface area contributed by atoms with Crippen LogP contribution in [0.2, 0.25) is 0 Å². The molecule has 1 N–H and O–H groups in total. The average molecular weight is 328 g/mol. The van der Waals surface area contributed by atoms with Crippen molar-refractivity contribution < 1.29 is 14.3 Å². The van der Waals surface area contributed by atoms with E-state index in [4.69, 9.17) is 9.47 Å². The zero-order chi connectivity index (χ0) is 13.8. The van der Waals surface area contributed by atoms with Crippen molar-refractivity contribution in [2.24, 2.45) is 0 Å². The second-order valence-electron chi connectivity index (χ2n) is 4.55. The highest BCUT2D eigenvalue weighted by molar-refractivity contribution is 9.10. The minimum absolute atomic E-state index is 0.0943. The van der Waals surface area contributed by atoms with Crippen LogP contribution < -0.4 is 14.8 Å². The van der Waals surface area contributed by atoms with Gasteiger partial charge < -0.3 is 14.8 Å². The van der Waals surface area contributed by atoms with Gasteiger partial charge in [0.2, 0.25) is 0 Å². The summed E-state index contributed by atoms with van der Waals surface area (Å²) in [5.41, 5.74) is 0.636. The van der Waals surface area contributed by atoms with Crippen molar-refractivity contribution in [3.63, 3.8) is 0 Å². The molecule has 0 amide bonds. The summed E-state index contributed by atoms with van der Waals surface area (Å²) in [5, 5.41) is 3.27. The van der Waals surface area contributed by atoms with Gasteiger partial charge in [-0.1, -0.05) is 6.42 Å². The molecule has 1 fully saturated rings. The van der Waals surface area contributed by atoms with E-state index in [0.29, 0.717) is 17.1 Å². The lowest BCUT2D eigenvalue weighted by Crippen LogP contribution is -2.40. The third kappa shape index (κ3) is 3.09. The van der Waals surface area contributed by atoms with Gasteiger partial charge in [-0.2, -0.15) is 0 Å². The van der Waals surface area contributed by atoms with E-state index in [1.807, 2.05) is 0 Å². The number of carbonyl (C=O) groups excluding carboxylic acids is 1. The van der Waals surface area contributed by atoms with Crippen LogP contribution in [-0.4, -0.2) is 32.6 Å². The molecule has 1 atom stereocenters. The van der Waals surface area contributed by atoms with Gasteiger partial charge >= 0.3 is 0 Å². The van der Waals surface area contributed by atoms with E-state index in [1.54, 1.807) is 26.4 Å². The van der Waals surface area contributed by atoms with Crippen LogP contribution in [0.15, 0.2) is 16.6 Å². The minimum atomic E-state index is -0.0943. The molecule has 1 aliphatic heterocycles. The molecule has 1 saturated heterocycles. The second kappa shape index (κ2) is 6.39. The minimum Gasteiger partial charge on any atom is -0.493 e. The van der Waals surface area contributed by atoms with E-state index >= 15 is 0 Å². The lowest BCUT2D eigenvalue weighted by Gasteiger charge is -2.23. The molecule has 19 heavy (non-hydrogen) atoms. The van der Waals surface area contributed by atoms with E-state index in [2.05, 4.69) is 21.2 Å². The summed E-state index contributed by atoms with van der Waals surface area (Å²) in [6.07, 6.45) is 3.12. The number of hydrogen-bond acceptors (Lipinski definition) is 4. The van der Waals surface area contributed by atoms with Crippen molar-refractivity contribution in [1.29, 1.82) is 0 Å². The number of Topliss-reactive ketones (excluding diaryl/α,β-unsaturated/α-hetero) is 1. The largest absolute Gasteiger partial charge is 0.493 e. The molecule has 1 heterocycles. The second-order valence-corrected chi connectivity index (χ2v) is 5.41. The van der Waals surface area contributed by atoms with Gasteiger partial charge in [0.05, 0.1) is 20.3 Å². The first-order valence-electron chi connectivity index (χ1n) is 6.36. The van der Waals surface area contributed by atoms with E-state index in [-0.39, 0.29) is 11.8 Å². The summed E-state index contributed by atoms with van der Waals surface area (Å²) in [5.74, 6) is 1.29. The van der Waals surface area contributed by atoms with Gasteiger partial charge in [-0.25, -0.2) is 0 Å². The molecule has 0 saturated carbocycles. The molecule has 0 aromatic heterocycles. The Hall–Kier alpha value is -1.07. The molecule has 2 rings (SSSR count). The summed E-state index contributed by atoms with van der Waals surface area (Å²) in [6.45, 7) is 0.904. The first kappa shape index (κ1) is 14.3. The summed E-state index contributed by atoms with van der Waals surface area (Å²) in [4.78, 5) is 12.5. The van der Waals surface area contributed by atoms with Gasteiger partial charge in [-0.05, 0) is 47.4 Å². The molecular formula is C14H18BrNO3. The number of benzene rings is 1. The summed E-state index contributed by atoms with van der Waals surface area (Å²) >= 11 is 3.43. The topological polar surface area (TPSA) is 47.6 Å². The van der Waals surface area contributed by atoms with Gasteiger partial charge in [-0.15, -0.1) is 0 Å². The van der Waals surface area contributed by atoms with Crippen molar-refractivity contribution in [2.45, 2.75) is 25.3 Å². The van der Waals surface area contributed by atoms with Crippen LogP contribution in [0.3, 0.4) is 0 Å². The highest BCUT2D eigenvalue weighted by Crippen LogP contribution is 2.34. The van der Waals surface area contributed by atoms with Crippen molar-refractivity contribution in [2.75, 3.05) is 20.8 Å². The van der Waals surface area contributed by atoms with E-state index in [1.165, 1.54) is 0 Å². The first-order chi connectivity index (χ1) is 9.17. The van der Waals surface area contributed by atoms with Crippen LogP contribution in [0.5, 0.6) is 11.5 Å². The first-order valence-corrected chi connectivity index (χ1v) is 7.15. The maximum atomic E-state index is 12.5. The molecule has 0 bridgehead atoms. The molecule has 1 aromatic carbocycles. The molecule has 5 heteroatoms. The Morgan fingerprint density at radius 3 is 2.53 bits per heavy atom. The smallest absolute Gasteiger partial charge is 0.181 e. The number of piperidine rings is 1. The normalized spacial score (nSPS) is 19.0. The van der Waals surface area contributed by atoms with Crippen molar-refractivity contribution in [3.8, 4) is 11.5 Å². The van der Waals surface area contributed by atoms with Gasteiger partial charge in [0, 0.05) is 10.0 Å². The average Bonchev–Trinajstić information content (AvgIpc) is 2.47. The third-order valence-corrected chi connectivity index (χ3v) is 4.02. The van der Waals surface area contributed by atoms with Gasteiger partial charge in [0.1, 0.15) is 0 Å². The number of ether oxygens (including phenoxy) is 2. The molecule has 0 aliphatic carbocycles. The van der Waals surface area contributed by atoms with Crippen molar-refractivity contribution in [3.05, 3.63) is 22.2 Å². The lowest BCUT2D eigenvalue weighted by molar-refractivity contribution is 0.0926. The Labute approximate surface area is 121 Å². The Kier molecular flexibility index (Phi) is 4.82. The van der Waals surface area contributed by atoms with Crippen molar-refractivity contribution in [1.82, 2.24) is 5.32 Å². The fraction of sp³-hybridized carbons (Fsp3) is 0.500. The SMILES string of the molecule is COc1cc(Br)c(C(=O)C2CCCCN2)cc1OC. The van der Waals surface area contributed by atoms with E-state index in [9.17, 15) is 4.79 Å². The number of methoxy groups -OCH3 is 2. The standard InChI is InChI=1S/C14H18BrNO3/c1-18-12-7-9(10(15)8-13(12)19-2)14(17)11-5-3-4-6-16-11/h7-8,11,16H,3-6H2,1-2H3. The summed E-state index contributed by atoms with van der Waals surface area (Å²) in [7, 11) is 3.15. The van der Waals surface area contributed by atoms with Crippen LogP contribution in [0.25, 0.3) is 0 Å². The monoisotopic (exact) mass is 327 g/mol. The Morgan fingerprint density at radius 2 is 1.95 bits per heavy atom. The maximum absolute atomic E-state index is 12.5. The predicted octanol–water partition coefficient (Wildman–Crippen LogP) is 2.79. The van der Waals surface area contributed by atoms with Crippen LogP contribution in [-0.2, 0) is 0 Å². The highest BCUT2D eigenvalue weighted by atomic mass is 79.9. The zero-order valence-corrected chi connectivity index (χ0v) is 12.7. The Balaban J connectivity index is 2.30. The number of halogens is 1. The lowest BCUT2D eigenvalue weighted by atomic mass is 9.96. The fourth-order valence-electron chi connectivity index (χ4n) is 2.31. The highest BCUT2D eigenvalue weighted by Gasteiger charge is 2.24. The van der Waals surface area contributed by atoms with Crippen LogP contribution >= 0.6 is 15.9 Å². The maximum Gasteiger partial charge on any atom is 0.181 e. The quantitative estimate of drug-likeness (QED) is 0.864. The summed E-state index contributed by atoms with van der Waals surface area (Å²) < 4.78 is 11.2. The molecule has 0 radical (unpaired) electrons. The fourth-order valence-corrected chi connectivity index (χ4v) is 2.82. The van der Waals surface area contributed by atoms with Gasteiger partial charge in [0.25, 0.3) is 0 Å². The van der Waals surface area contributed by atoms with Crippen molar-refractivity contribution >= 4 is 21.7 Å². The molecule has 104 valence electrons. The van der Waals surface area contributed by atoms with E-state index in [0.717, 1.165) is 30.3 Å². The van der Waals surface area contributed by atoms with Gasteiger partial charge in [-0.3, -0.25) is 4.79 Å². The van der Waals surface area contributed by atoms with Gasteiger partial charge in [0.15, 0.2) is 17.3 Å². The Morgan fingerprint density at radius 1 is 1.26 bits per heavy atom.